The number of hydrogen-bond acceptors (Lipinski definition) is 3. The summed E-state index contributed by atoms with van der Waals surface area (Å²) in [6.45, 7) is -0.479. The highest BCUT2D eigenvalue weighted by molar-refractivity contribution is 5.32. The van der Waals surface area contributed by atoms with Gasteiger partial charge in [-0.25, -0.2) is 18.7 Å². The van der Waals surface area contributed by atoms with Crippen molar-refractivity contribution in [3.63, 3.8) is 0 Å². The Hall–Kier alpha value is -2.46. The van der Waals surface area contributed by atoms with E-state index in [1.807, 2.05) is 0 Å². The van der Waals surface area contributed by atoms with Crippen LogP contribution in [0.1, 0.15) is 17.0 Å². The molecule has 0 radical (unpaired) electrons. The molecule has 2 aromatic rings. The normalized spacial score (nSPS) is 12.3. The summed E-state index contributed by atoms with van der Waals surface area (Å²) in [5.41, 5.74) is -3.64. The number of nitrogens with one attached hydrogen (secondary N) is 1. The topological polar surface area (TPSA) is 37.8 Å². The van der Waals surface area contributed by atoms with E-state index in [9.17, 15) is 35.1 Å². The first kappa shape index (κ1) is 17.9. The Morgan fingerprint density at radius 3 is 1.62 bits per heavy atom. The van der Waals surface area contributed by atoms with Gasteiger partial charge in [0.2, 0.25) is 5.95 Å². The lowest BCUT2D eigenvalue weighted by atomic mass is 10.2. The summed E-state index contributed by atoms with van der Waals surface area (Å²) in [6, 6.07) is 2.04. The summed E-state index contributed by atoms with van der Waals surface area (Å²) < 4.78 is 102. The van der Waals surface area contributed by atoms with E-state index in [-0.39, 0.29) is 11.6 Å². The minimum atomic E-state index is -5.12. The van der Waals surface area contributed by atoms with Gasteiger partial charge < -0.3 is 5.32 Å². The average molecular weight is 357 g/mol. The first-order valence-electron chi connectivity index (χ1n) is 6.17. The predicted octanol–water partition coefficient (Wildman–Crippen LogP) is 4.40. The molecule has 0 aliphatic carbocycles. The maximum Gasteiger partial charge on any atom is 0.433 e. The third kappa shape index (κ3) is 4.52. The molecule has 0 saturated heterocycles. The molecule has 3 nitrogen and oxygen atoms in total. The molecule has 0 saturated carbocycles. The molecule has 0 unspecified atom stereocenters. The molecule has 0 aliphatic rings. The molecule has 1 N–H and O–H groups in total. The molecule has 1 heterocycles. The van der Waals surface area contributed by atoms with Crippen molar-refractivity contribution in [1.82, 2.24) is 9.97 Å². The Kier molecular flexibility index (Phi) is 4.63. The van der Waals surface area contributed by atoms with Crippen molar-refractivity contribution in [3.05, 3.63) is 52.9 Å². The number of hydrogen-bond donors (Lipinski definition) is 1. The van der Waals surface area contributed by atoms with Crippen LogP contribution in [0.25, 0.3) is 0 Å². The Bertz CT molecular complexity index is 686. The van der Waals surface area contributed by atoms with Crippen molar-refractivity contribution < 1.29 is 35.1 Å². The number of alkyl halides is 6. The monoisotopic (exact) mass is 357 g/mol. The molecule has 24 heavy (non-hydrogen) atoms. The van der Waals surface area contributed by atoms with Crippen LogP contribution in [0.3, 0.4) is 0 Å². The van der Waals surface area contributed by atoms with Crippen LogP contribution in [0.15, 0.2) is 24.3 Å². The number of benzene rings is 1. The van der Waals surface area contributed by atoms with Crippen molar-refractivity contribution in [1.29, 1.82) is 0 Å². The Morgan fingerprint density at radius 2 is 1.21 bits per heavy atom. The van der Waals surface area contributed by atoms with Gasteiger partial charge >= 0.3 is 12.4 Å². The molecular weight excluding hydrogens is 350 g/mol. The lowest BCUT2D eigenvalue weighted by molar-refractivity contribution is -0.147. The molecular formula is C13H7F8N3. The van der Waals surface area contributed by atoms with Gasteiger partial charge in [0, 0.05) is 12.6 Å². The van der Waals surface area contributed by atoms with E-state index in [4.69, 9.17) is 0 Å². The van der Waals surface area contributed by atoms with Gasteiger partial charge in [0.05, 0.1) is 0 Å². The average Bonchev–Trinajstić information content (AvgIpc) is 2.42. The van der Waals surface area contributed by atoms with E-state index >= 15 is 0 Å². The molecule has 130 valence electrons. The fourth-order valence-corrected chi connectivity index (χ4v) is 1.71. The largest absolute Gasteiger partial charge is 0.433 e. The van der Waals surface area contributed by atoms with Gasteiger partial charge in [-0.15, -0.1) is 0 Å². The summed E-state index contributed by atoms with van der Waals surface area (Å²) >= 11 is 0. The Labute approximate surface area is 129 Å². The highest BCUT2D eigenvalue weighted by atomic mass is 19.4. The molecule has 0 aliphatic heterocycles. The second-order valence-electron chi connectivity index (χ2n) is 4.59. The number of halogens is 8. The maximum atomic E-state index is 13.0. The van der Waals surface area contributed by atoms with Gasteiger partial charge in [-0.1, -0.05) is 0 Å². The SMILES string of the molecule is Fc1cc(F)cc(CNc2nc(C(F)(F)F)cc(C(F)(F)F)n2)c1. The lowest BCUT2D eigenvalue weighted by Crippen LogP contribution is -2.17. The second kappa shape index (κ2) is 6.21. The van der Waals surface area contributed by atoms with E-state index in [2.05, 4.69) is 15.3 Å². The number of rotatable bonds is 3. The molecule has 2 rings (SSSR count). The van der Waals surface area contributed by atoms with Gasteiger partial charge in [-0.05, 0) is 23.8 Å². The second-order valence-corrected chi connectivity index (χ2v) is 4.59. The van der Waals surface area contributed by atoms with Crippen molar-refractivity contribution in [2.45, 2.75) is 18.9 Å². The van der Waals surface area contributed by atoms with Crippen molar-refractivity contribution in [2.24, 2.45) is 0 Å². The highest BCUT2D eigenvalue weighted by Crippen LogP contribution is 2.34. The lowest BCUT2D eigenvalue weighted by Gasteiger charge is -2.13. The van der Waals surface area contributed by atoms with Crippen LogP contribution in [-0.2, 0) is 18.9 Å². The van der Waals surface area contributed by atoms with Gasteiger partial charge in [-0.2, -0.15) is 26.3 Å². The molecule has 0 atom stereocenters. The summed E-state index contributed by atoms with van der Waals surface area (Å²) in [5, 5.41) is 2.08. The van der Waals surface area contributed by atoms with Crippen LogP contribution >= 0.6 is 0 Å². The number of nitrogens with zero attached hydrogens (tertiary/aromatic N) is 2. The quantitative estimate of drug-likeness (QED) is 0.828. The molecule has 0 fully saturated rings. The summed E-state index contributed by atoms with van der Waals surface area (Å²) in [4.78, 5) is 5.89. The van der Waals surface area contributed by atoms with E-state index in [1.54, 1.807) is 0 Å². The zero-order chi connectivity index (χ0) is 18.1. The Morgan fingerprint density at radius 1 is 0.750 bits per heavy atom. The minimum absolute atomic E-state index is 0.0536. The summed E-state index contributed by atoms with van der Waals surface area (Å²) in [7, 11) is 0. The van der Waals surface area contributed by atoms with Gasteiger partial charge in [0.1, 0.15) is 11.6 Å². The number of anilines is 1. The van der Waals surface area contributed by atoms with Gasteiger partial charge in [-0.3, -0.25) is 0 Å². The van der Waals surface area contributed by atoms with Crippen LogP contribution in [0, 0.1) is 11.6 Å². The van der Waals surface area contributed by atoms with Crippen molar-refractivity contribution >= 4 is 5.95 Å². The van der Waals surface area contributed by atoms with Crippen molar-refractivity contribution in [2.75, 3.05) is 5.32 Å². The highest BCUT2D eigenvalue weighted by Gasteiger charge is 2.39. The third-order valence-corrected chi connectivity index (χ3v) is 2.68. The molecule has 0 amide bonds. The first-order chi connectivity index (χ1) is 10.9. The van der Waals surface area contributed by atoms with Crippen LogP contribution < -0.4 is 5.32 Å². The third-order valence-electron chi connectivity index (χ3n) is 2.68. The molecule has 11 heteroatoms. The Balaban J connectivity index is 2.32. The zero-order valence-corrected chi connectivity index (χ0v) is 11.4. The maximum absolute atomic E-state index is 13.0. The summed E-state index contributed by atoms with van der Waals surface area (Å²) in [6.07, 6.45) is -10.2. The molecule has 0 bridgehead atoms. The predicted molar refractivity (Wildman–Crippen MR) is 65.7 cm³/mol. The fraction of sp³-hybridized carbons (Fsp3) is 0.231. The first-order valence-corrected chi connectivity index (χ1v) is 6.17. The molecule has 0 spiro atoms. The minimum Gasteiger partial charge on any atom is -0.350 e. The van der Waals surface area contributed by atoms with Crippen LogP contribution in [0.4, 0.5) is 41.1 Å². The van der Waals surface area contributed by atoms with Crippen LogP contribution in [0.2, 0.25) is 0 Å². The van der Waals surface area contributed by atoms with Crippen molar-refractivity contribution in [3.8, 4) is 0 Å². The van der Waals surface area contributed by atoms with E-state index < -0.39 is 47.9 Å². The smallest absolute Gasteiger partial charge is 0.350 e. The standard InChI is InChI=1S/C13H7F8N3/c14-7-1-6(2-8(15)3-7)5-22-11-23-9(12(16,17)18)4-10(24-11)13(19,20)21/h1-4H,5H2,(H,22,23,24). The molecule has 1 aromatic carbocycles. The zero-order valence-electron chi connectivity index (χ0n) is 11.4. The number of aromatic nitrogens is 2. The summed E-state index contributed by atoms with van der Waals surface area (Å²) in [5.74, 6) is -2.87. The van der Waals surface area contributed by atoms with E-state index in [0.29, 0.717) is 6.07 Å². The fourth-order valence-electron chi connectivity index (χ4n) is 1.71. The van der Waals surface area contributed by atoms with Crippen LogP contribution in [-0.4, -0.2) is 9.97 Å². The molecule has 1 aromatic heterocycles. The van der Waals surface area contributed by atoms with E-state index in [1.165, 1.54) is 0 Å². The van der Waals surface area contributed by atoms with Gasteiger partial charge in [0.25, 0.3) is 0 Å². The van der Waals surface area contributed by atoms with E-state index in [0.717, 1.165) is 12.1 Å². The van der Waals surface area contributed by atoms with Gasteiger partial charge in [0.15, 0.2) is 11.4 Å². The van der Waals surface area contributed by atoms with Crippen LogP contribution in [0.5, 0.6) is 0 Å².